The summed E-state index contributed by atoms with van der Waals surface area (Å²) in [7, 11) is 0. The maximum atomic E-state index is 4.51. The van der Waals surface area contributed by atoms with Gasteiger partial charge in [0.2, 0.25) is 0 Å². The molecule has 0 saturated carbocycles. The monoisotopic (exact) mass is 273 g/mol. The normalized spacial score (nSPS) is 18.1. The summed E-state index contributed by atoms with van der Waals surface area (Å²) in [6.07, 6.45) is 4.63. The van der Waals surface area contributed by atoms with E-state index in [0.29, 0.717) is 6.04 Å². The number of nitrogens with one attached hydrogen (secondary N) is 1. The van der Waals surface area contributed by atoms with Crippen LogP contribution in [0.2, 0.25) is 0 Å². The van der Waals surface area contributed by atoms with Crippen LogP contribution in [0.15, 0.2) is 17.5 Å². The minimum Gasteiger partial charge on any atom is -0.363 e. The van der Waals surface area contributed by atoms with Gasteiger partial charge in [-0.05, 0) is 49.6 Å². The summed E-state index contributed by atoms with van der Waals surface area (Å²) in [4.78, 5) is 10.5. The summed E-state index contributed by atoms with van der Waals surface area (Å²) < 4.78 is 0. The Hall–Kier alpha value is -1.42. The molecule has 2 aromatic heterocycles. The van der Waals surface area contributed by atoms with Gasteiger partial charge in [0.05, 0.1) is 6.04 Å². The predicted molar refractivity (Wildman–Crippen MR) is 79.8 cm³/mol. The Labute approximate surface area is 118 Å². The molecule has 0 aliphatic heterocycles. The lowest BCUT2D eigenvalue weighted by molar-refractivity contribution is 0.606. The summed E-state index contributed by atoms with van der Waals surface area (Å²) in [6, 6.07) is 4.74. The van der Waals surface area contributed by atoms with Gasteiger partial charge in [0.1, 0.15) is 11.6 Å². The van der Waals surface area contributed by atoms with Crippen LogP contribution in [0.5, 0.6) is 0 Å². The third kappa shape index (κ3) is 2.63. The van der Waals surface area contributed by atoms with Crippen molar-refractivity contribution in [2.45, 2.75) is 45.6 Å². The summed E-state index contributed by atoms with van der Waals surface area (Å²) in [5, 5.41) is 5.80. The van der Waals surface area contributed by atoms with Crippen LogP contribution < -0.4 is 5.32 Å². The molecule has 0 aromatic carbocycles. The van der Waals surface area contributed by atoms with Gasteiger partial charge in [0.25, 0.3) is 0 Å². The third-order valence-corrected chi connectivity index (χ3v) is 4.62. The topological polar surface area (TPSA) is 37.8 Å². The van der Waals surface area contributed by atoms with Crippen LogP contribution in [-0.4, -0.2) is 9.97 Å². The third-order valence-electron chi connectivity index (χ3n) is 3.63. The molecule has 0 fully saturated rings. The minimum atomic E-state index is 0.411. The molecule has 1 aliphatic carbocycles. The zero-order valence-electron chi connectivity index (χ0n) is 11.4. The van der Waals surface area contributed by atoms with Gasteiger partial charge in [0, 0.05) is 16.6 Å². The molecular formula is C15H19N3S. The highest BCUT2D eigenvalue weighted by atomic mass is 32.1. The number of hydrogen-bond donors (Lipinski definition) is 1. The van der Waals surface area contributed by atoms with E-state index in [1.54, 1.807) is 0 Å². The summed E-state index contributed by atoms with van der Waals surface area (Å²) in [6.45, 7) is 4.09. The molecule has 0 radical (unpaired) electrons. The van der Waals surface area contributed by atoms with Crippen LogP contribution in [0.4, 0.5) is 5.82 Å². The van der Waals surface area contributed by atoms with Crippen LogP contribution in [0.1, 0.15) is 47.8 Å². The second-order valence-electron chi connectivity index (χ2n) is 5.03. The van der Waals surface area contributed by atoms with Gasteiger partial charge < -0.3 is 5.32 Å². The molecule has 0 bridgehead atoms. The summed E-state index contributed by atoms with van der Waals surface area (Å²) >= 11 is 1.88. The van der Waals surface area contributed by atoms with Crippen LogP contribution in [-0.2, 0) is 12.8 Å². The van der Waals surface area contributed by atoms with Crippen molar-refractivity contribution in [2.75, 3.05) is 5.32 Å². The van der Waals surface area contributed by atoms with E-state index in [1.165, 1.54) is 29.7 Å². The Morgan fingerprint density at radius 2 is 2.32 bits per heavy atom. The SMILES string of the molecule is CCc1cc(NC2CCCc3sccc32)nc(C)n1. The van der Waals surface area contributed by atoms with Crippen molar-refractivity contribution in [3.8, 4) is 0 Å². The van der Waals surface area contributed by atoms with Crippen LogP contribution in [0, 0.1) is 6.92 Å². The lowest BCUT2D eigenvalue weighted by atomic mass is 9.94. The van der Waals surface area contributed by atoms with E-state index in [0.717, 1.165) is 23.8 Å². The molecule has 3 nitrogen and oxygen atoms in total. The molecule has 19 heavy (non-hydrogen) atoms. The Balaban J connectivity index is 1.85. The molecule has 1 atom stereocenters. The largest absolute Gasteiger partial charge is 0.363 e. The van der Waals surface area contributed by atoms with Crippen LogP contribution >= 0.6 is 11.3 Å². The number of thiophene rings is 1. The number of aromatic nitrogens is 2. The quantitative estimate of drug-likeness (QED) is 0.921. The van der Waals surface area contributed by atoms with E-state index >= 15 is 0 Å². The summed E-state index contributed by atoms with van der Waals surface area (Å²) in [5.41, 5.74) is 2.57. The maximum Gasteiger partial charge on any atom is 0.130 e. The molecule has 4 heteroatoms. The number of aryl methyl sites for hydroxylation is 3. The van der Waals surface area contributed by atoms with E-state index < -0.39 is 0 Å². The molecule has 1 unspecified atom stereocenters. The van der Waals surface area contributed by atoms with E-state index in [9.17, 15) is 0 Å². The predicted octanol–water partition coefficient (Wildman–Crippen LogP) is 3.90. The second-order valence-corrected chi connectivity index (χ2v) is 6.03. The highest BCUT2D eigenvalue weighted by molar-refractivity contribution is 7.10. The molecular weight excluding hydrogens is 254 g/mol. The van der Waals surface area contributed by atoms with E-state index in [2.05, 4.69) is 39.7 Å². The zero-order valence-corrected chi connectivity index (χ0v) is 12.3. The molecule has 100 valence electrons. The first-order valence-corrected chi connectivity index (χ1v) is 7.81. The van der Waals surface area contributed by atoms with Gasteiger partial charge in [-0.1, -0.05) is 6.92 Å². The van der Waals surface area contributed by atoms with Crippen LogP contribution in [0.3, 0.4) is 0 Å². The highest BCUT2D eigenvalue weighted by Crippen LogP contribution is 2.35. The average molecular weight is 273 g/mol. The standard InChI is InChI=1S/C15H19N3S/c1-3-11-9-15(17-10(2)16-11)18-13-5-4-6-14-12(13)7-8-19-14/h7-9,13H,3-6H2,1-2H3,(H,16,17,18). The number of nitrogens with zero attached hydrogens (tertiary/aromatic N) is 2. The average Bonchev–Trinajstić information content (AvgIpc) is 2.87. The molecule has 0 spiro atoms. The van der Waals surface area contributed by atoms with E-state index in [-0.39, 0.29) is 0 Å². The second kappa shape index (κ2) is 5.29. The first kappa shape index (κ1) is 12.6. The lowest BCUT2D eigenvalue weighted by Crippen LogP contribution is -2.17. The number of rotatable bonds is 3. The molecule has 0 amide bonds. The van der Waals surface area contributed by atoms with Crippen molar-refractivity contribution in [2.24, 2.45) is 0 Å². The van der Waals surface area contributed by atoms with Gasteiger partial charge in [-0.2, -0.15) is 0 Å². The zero-order chi connectivity index (χ0) is 13.2. The van der Waals surface area contributed by atoms with E-state index in [1.807, 2.05) is 18.3 Å². The Morgan fingerprint density at radius 3 is 3.16 bits per heavy atom. The molecule has 2 aromatic rings. The lowest BCUT2D eigenvalue weighted by Gasteiger charge is -2.24. The maximum absolute atomic E-state index is 4.51. The molecule has 3 rings (SSSR count). The smallest absolute Gasteiger partial charge is 0.130 e. The Morgan fingerprint density at radius 1 is 1.42 bits per heavy atom. The molecule has 1 N–H and O–H groups in total. The van der Waals surface area contributed by atoms with Crippen molar-refractivity contribution in [3.63, 3.8) is 0 Å². The fourth-order valence-electron chi connectivity index (χ4n) is 2.70. The fourth-order valence-corrected chi connectivity index (χ4v) is 3.69. The van der Waals surface area contributed by atoms with Gasteiger partial charge >= 0.3 is 0 Å². The van der Waals surface area contributed by atoms with Crippen LogP contribution in [0.25, 0.3) is 0 Å². The number of anilines is 1. The van der Waals surface area contributed by atoms with Crippen molar-refractivity contribution in [3.05, 3.63) is 39.5 Å². The van der Waals surface area contributed by atoms with Crippen molar-refractivity contribution < 1.29 is 0 Å². The first-order valence-electron chi connectivity index (χ1n) is 6.93. The molecule has 0 saturated heterocycles. The fraction of sp³-hybridized carbons (Fsp3) is 0.467. The molecule has 1 aliphatic rings. The van der Waals surface area contributed by atoms with E-state index in [4.69, 9.17) is 0 Å². The van der Waals surface area contributed by atoms with Crippen molar-refractivity contribution in [1.82, 2.24) is 9.97 Å². The van der Waals surface area contributed by atoms with Crippen molar-refractivity contribution >= 4 is 17.2 Å². The van der Waals surface area contributed by atoms with Gasteiger partial charge in [0.15, 0.2) is 0 Å². The van der Waals surface area contributed by atoms with Gasteiger partial charge in [-0.15, -0.1) is 11.3 Å². The Kier molecular flexibility index (Phi) is 3.51. The Bertz CT molecular complexity index is 577. The summed E-state index contributed by atoms with van der Waals surface area (Å²) in [5.74, 6) is 1.82. The van der Waals surface area contributed by atoms with Crippen molar-refractivity contribution in [1.29, 1.82) is 0 Å². The number of fused-ring (bicyclic) bond motifs is 1. The van der Waals surface area contributed by atoms with Gasteiger partial charge in [-0.25, -0.2) is 9.97 Å². The first-order chi connectivity index (χ1) is 9.26. The molecule has 2 heterocycles. The minimum absolute atomic E-state index is 0.411. The number of hydrogen-bond acceptors (Lipinski definition) is 4. The van der Waals surface area contributed by atoms with Gasteiger partial charge in [-0.3, -0.25) is 0 Å². The highest BCUT2D eigenvalue weighted by Gasteiger charge is 2.21.